The van der Waals surface area contributed by atoms with Crippen molar-refractivity contribution in [3.8, 4) is 0 Å². The molecular formula is C22H20N5NaO6S. The molecule has 2 fully saturated rings. The van der Waals surface area contributed by atoms with E-state index < -0.39 is 47.3 Å². The molecule has 0 spiro atoms. The van der Waals surface area contributed by atoms with Crippen LogP contribution in [0.15, 0.2) is 60.2 Å². The number of aliphatic carboxylic acids is 1. The van der Waals surface area contributed by atoms with E-state index in [4.69, 9.17) is 10.5 Å². The number of urea groups is 1. The number of carbonyl (C=O) groups is 4. The number of aromatic nitrogens is 1. The summed E-state index contributed by atoms with van der Waals surface area (Å²) in [6, 6.07) is 7.36. The Kier molecular flexibility index (Phi) is 6.82. The van der Waals surface area contributed by atoms with Gasteiger partial charge < -0.3 is 25.8 Å². The summed E-state index contributed by atoms with van der Waals surface area (Å²) in [6.07, 6.45) is 2.49. The van der Waals surface area contributed by atoms with Gasteiger partial charge in [-0.3, -0.25) is 19.5 Å². The Labute approximate surface area is 227 Å². The molecule has 4 amide bonds. The molecule has 4 atom stereocenters. The van der Waals surface area contributed by atoms with Gasteiger partial charge in [-0.2, -0.15) is 12.6 Å². The Bertz CT molecular complexity index is 1240. The summed E-state index contributed by atoms with van der Waals surface area (Å²) in [4.78, 5) is 55.8. The molecule has 176 valence electrons. The fourth-order valence-electron chi connectivity index (χ4n) is 4.52. The molecule has 0 bridgehead atoms. The Balaban J connectivity index is 0.00000289. The monoisotopic (exact) mass is 505 g/mol. The number of hydrogen-bond donors (Lipinski definition) is 4. The van der Waals surface area contributed by atoms with E-state index in [0.717, 1.165) is 0 Å². The molecule has 0 saturated carbocycles. The van der Waals surface area contributed by atoms with Crippen LogP contribution in [0.5, 0.6) is 0 Å². The molecule has 1 aromatic heterocycles. The standard InChI is InChI=1S/C22H19N5O6S.Na.H/c23-19(28)11-1-3-12(4-2-11)25-22(32)26-9-13-14-15(26)20(29)27(14)16(21(30)31)17(33-13)18(34)10-5-7-24-8-6-10;;/h1-8,13-15,18,34H,9H2,(H2,23,28)(H,25,32)(H,30,31);;/t13-,14-,15+,18?;;/m1../s1. The average molecular weight is 505 g/mol. The van der Waals surface area contributed by atoms with E-state index in [2.05, 4.69) is 22.9 Å². The SMILES string of the molecule is NC(=O)c1ccc(NC(=O)N2C[C@H]3OC(C(S)c4ccncc4)=C(C(=O)O)N4C(=O)[C@@H]2[C@@H]34)cc1.[NaH]. The third kappa shape index (κ3) is 4.16. The van der Waals surface area contributed by atoms with Crippen molar-refractivity contribution in [1.29, 1.82) is 0 Å². The van der Waals surface area contributed by atoms with Crippen LogP contribution in [0, 0.1) is 0 Å². The summed E-state index contributed by atoms with van der Waals surface area (Å²) in [7, 11) is 0. The fraction of sp³-hybridized carbons (Fsp3) is 0.227. The van der Waals surface area contributed by atoms with Gasteiger partial charge in [0.2, 0.25) is 5.91 Å². The van der Waals surface area contributed by atoms with Gasteiger partial charge in [-0.15, -0.1) is 0 Å². The van der Waals surface area contributed by atoms with Crippen molar-refractivity contribution in [2.75, 3.05) is 11.9 Å². The van der Waals surface area contributed by atoms with Gasteiger partial charge in [0.05, 0.1) is 11.8 Å². The third-order valence-electron chi connectivity index (χ3n) is 6.11. The van der Waals surface area contributed by atoms with E-state index in [1.807, 2.05) is 0 Å². The van der Waals surface area contributed by atoms with Crippen LogP contribution >= 0.6 is 12.6 Å². The molecular weight excluding hydrogens is 485 g/mol. The molecule has 3 aliphatic heterocycles. The predicted molar refractivity (Wildman–Crippen MR) is 128 cm³/mol. The number of likely N-dealkylation sites (tertiary alicyclic amines) is 1. The second kappa shape index (κ2) is 9.53. The number of carbonyl (C=O) groups excluding carboxylic acids is 3. The van der Waals surface area contributed by atoms with Gasteiger partial charge in [0, 0.05) is 23.6 Å². The first kappa shape index (κ1) is 25.0. The van der Waals surface area contributed by atoms with Crippen LogP contribution in [0.1, 0.15) is 21.2 Å². The summed E-state index contributed by atoms with van der Waals surface area (Å²) in [5, 5.41) is 11.8. The van der Waals surface area contributed by atoms with Crippen molar-refractivity contribution in [3.05, 3.63) is 71.4 Å². The number of carboxylic acid groups (broad SMARTS) is 1. The second-order valence-corrected chi connectivity index (χ2v) is 8.54. The Morgan fingerprint density at radius 1 is 1.17 bits per heavy atom. The number of β-lactam (4-membered cyclic amide) rings is 1. The summed E-state index contributed by atoms with van der Waals surface area (Å²) in [5.41, 5.74) is 6.31. The van der Waals surface area contributed by atoms with E-state index in [0.29, 0.717) is 16.8 Å². The summed E-state index contributed by atoms with van der Waals surface area (Å²) >= 11 is 4.55. The summed E-state index contributed by atoms with van der Waals surface area (Å²) in [6.45, 7) is 0.0794. The molecule has 4 N–H and O–H groups in total. The number of pyridine rings is 1. The Hall–Kier alpha value is -3.06. The number of nitrogens with zero attached hydrogens (tertiary/aromatic N) is 3. The first-order chi connectivity index (χ1) is 16.3. The van der Waals surface area contributed by atoms with Crippen LogP contribution in [0.2, 0.25) is 0 Å². The molecule has 3 aliphatic rings. The van der Waals surface area contributed by atoms with Gasteiger partial charge in [-0.1, -0.05) is 0 Å². The molecule has 5 rings (SSSR count). The van der Waals surface area contributed by atoms with Crippen LogP contribution in [0.3, 0.4) is 0 Å². The van der Waals surface area contributed by atoms with Crippen molar-refractivity contribution in [2.45, 2.75) is 23.4 Å². The van der Waals surface area contributed by atoms with E-state index in [1.54, 1.807) is 24.5 Å². The van der Waals surface area contributed by atoms with Gasteiger partial charge in [-0.05, 0) is 42.0 Å². The number of benzene rings is 1. The van der Waals surface area contributed by atoms with Gasteiger partial charge in [0.25, 0.3) is 5.91 Å². The maximum atomic E-state index is 13.0. The molecule has 2 saturated heterocycles. The zero-order valence-electron chi connectivity index (χ0n) is 17.5. The number of thiol groups is 1. The number of hydrogen-bond acceptors (Lipinski definition) is 7. The van der Waals surface area contributed by atoms with Crippen molar-refractivity contribution in [1.82, 2.24) is 14.8 Å². The quantitative estimate of drug-likeness (QED) is 0.259. The number of nitrogens with one attached hydrogen (secondary N) is 1. The third-order valence-corrected chi connectivity index (χ3v) is 6.65. The predicted octanol–water partition coefficient (Wildman–Crippen LogP) is 0.325. The van der Waals surface area contributed by atoms with Gasteiger partial charge in [-0.25, -0.2) is 9.59 Å². The van der Waals surface area contributed by atoms with Gasteiger partial charge in [0.15, 0.2) is 5.70 Å². The first-order valence-electron chi connectivity index (χ1n) is 10.3. The minimum absolute atomic E-state index is 0. The molecule has 4 heterocycles. The van der Waals surface area contributed by atoms with Gasteiger partial charge in [0.1, 0.15) is 23.9 Å². The van der Waals surface area contributed by atoms with Crippen LogP contribution < -0.4 is 11.1 Å². The number of anilines is 1. The summed E-state index contributed by atoms with van der Waals surface area (Å²) < 4.78 is 6.06. The summed E-state index contributed by atoms with van der Waals surface area (Å²) in [5.74, 6) is -2.36. The maximum absolute atomic E-state index is 13.0. The number of amides is 4. The number of ether oxygens (including phenoxy) is 1. The zero-order valence-corrected chi connectivity index (χ0v) is 18.4. The van der Waals surface area contributed by atoms with E-state index in [-0.39, 0.29) is 47.6 Å². The first-order valence-corrected chi connectivity index (χ1v) is 10.8. The number of nitrogens with two attached hydrogens (primary N) is 1. The molecule has 0 aliphatic carbocycles. The molecule has 2 aromatic rings. The van der Waals surface area contributed by atoms with Crippen molar-refractivity contribution in [3.63, 3.8) is 0 Å². The molecule has 1 aromatic carbocycles. The van der Waals surface area contributed by atoms with E-state index in [1.165, 1.54) is 34.1 Å². The molecule has 0 radical (unpaired) electrons. The Morgan fingerprint density at radius 2 is 1.83 bits per heavy atom. The number of primary amides is 1. The van der Waals surface area contributed by atoms with Crippen molar-refractivity contribution >= 4 is 71.7 Å². The average Bonchev–Trinajstić information content (AvgIpc) is 3.20. The van der Waals surface area contributed by atoms with Crippen molar-refractivity contribution in [2.24, 2.45) is 5.73 Å². The molecule has 1 unspecified atom stereocenters. The van der Waals surface area contributed by atoms with Crippen LogP contribution in [0.25, 0.3) is 0 Å². The topological polar surface area (TPSA) is 155 Å². The number of carboxylic acids is 1. The Morgan fingerprint density at radius 3 is 2.43 bits per heavy atom. The van der Waals surface area contributed by atoms with Gasteiger partial charge >= 0.3 is 41.6 Å². The minimum atomic E-state index is -1.31. The van der Waals surface area contributed by atoms with Crippen LogP contribution in [0.4, 0.5) is 10.5 Å². The number of rotatable bonds is 5. The molecule has 11 nitrogen and oxygen atoms in total. The van der Waals surface area contributed by atoms with E-state index >= 15 is 0 Å². The molecule has 13 heteroatoms. The van der Waals surface area contributed by atoms with Crippen LogP contribution in [-0.2, 0) is 14.3 Å². The van der Waals surface area contributed by atoms with E-state index in [9.17, 15) is 24.3 Å². The zero-order chi connectivity index (χ0) is 24.1. The van der Waals surface area contributed by atoms with Crippen LogP contribution in [-0.4, -0.2) is 98.0 Å². The van der Waals surface area contributed by atoms with Crippen molar-refractivity contribution < 1.29 is 29.0 Å². The second-order valence-electron chi connectivity index (χ2n) is 8.03. The normalized spacial score (nSPS) is 22.9. The fourth-order valence-corrected chi connectivity index (χ4v) is 4.88. The molecule has 35 heavy (non-hydrogen) atoms.